The monoisotopic (exact) mass is 964 g/mol. The third-order valence-corrected chi connectivity index (χ3v) is 11.6. The molecule has 0 spiro atoms. The summed E-state index contributed by atoms with van der Waals surface area (Å²) >= 11 is 0. The maximum absolute atomic E-state index is 12.6. The van der Waals surface area contributed by atoms with Gasteiger partial charge >= 0.3 is 5.97 Å². The highest BCUT2D eigenvalue weighted by atomic mass is 16.7. The van der Waals surface area contributed by atoms with Crippen molar-refractivity contribution in [2.75, 3.05) is 27.4 Å². The van der Waals surface area contributed by atoms with Gasteiger partial charge in [0, 0.05) is 23.8 Å². The number of carbonyl (C=O) groups excluding carboxylic acids is 1. The minimum Gasteiger partial charge on any atom is -0.508 e. The Morgan fingerprint density at radius 3 is 1.93 bits per heavy atom. The first-order valence-electron chi connectivity index (χ1n) is 20.9. The maximum Gasteiger partial charge on any atom is 0.331 e. The van der Waals surface area contributed by atoms with Gasteiger partial charge in [0.2, 0.25) is 18.3 Å². The summed E-state index contributed by atoms with van der Waals surface area (Å²) in [6.45, 7) is -0.0367. The molecule has 4 heterocycles. The molecular weight excluding hydrogens is 912 g/mol. The number of esters is 1. The number of phenolic OH excluding ortho intramolecular Hbond substituents is 4. The second-order valence-corrected chi connectivity index (χ2v) is 16.1. The largest absolute Gasteiger partial charge is 0.508 e. The number of ether oxygens (including phenoxy) is 10. The van der Waals surface area contributed by atoms with E-state index in [2.05, 4.69) is 0 Å². The maximum atomic E-state index is 12.6. The van der Waals surface area contributed by atoms with Gasteiger partial charge in [-0.15, -0.1) is 0 Å². The first-order chi connectivity index (χ1) is 32.3. The number of rotatable bonds is 14. The van der Waals surface area contributed by atoms with Crippen molar-refractivity contribution < 1.29 is 119 Å². The molecule has 3 aromatic rings. The van der Waals surface area contributed by atoms with E-state index in [0.717, 1.165) is 12.1 Å². The average molecular weight is 965 g/mol. The standard InChI is InChI=1S/C44H52O24/c1-16-40(68-30(49)7-5-17-4-6-21(47)22(48)8-17)36(55)39(58)42(62-16)61-15-29-33(52)35(54)38(57)44(67-29)65-27-13-20-23(63-41(27)18-9-25(59-2)31(50)26(10-18)60-3)11-19(46)12-24(20)64-43-37(56)34(53)32(51)28(14-45)66-43/h4-13,16,28-29,32-48,50-58H,14-15H2,1-3H3. The number of aliphatic hydroxyl groups excluding tert-OH is 9. The first-order valence-corrected chi connectivity index (χ1v) is 20.9. The molecule has 3 saturated heterocycles. The predicted molar refractivity (Wildman–Crippen MR) is 224 cm³/mol. The van der Waals surface area contributed by atoms with Crippen molar-refractivity contribution in [3.63, 3.8) is 0 Å². The van der Waals surface area contributed by atoms with Gasteiger partial charge in [0.05, 0.1) is 39.1 Å². The van der Waals surface area contributed by atoms with Crippen molar-refractivity contribution in [2.24, 2.45) is 0 Å². The lowest BCUT2D eigenvalue weighted by Gasteiger charge is -2.43. The molecule has 0 radical (unpaired) electrons. The second-order valence-electron chi connectivity index (χ2n) is 16.1. The molecule has 0 aliphatic carbocycles. The number of aromatic hydroxyl groups is 4. The molecule has 0 amide bonds. The van der Waals surface area contributed by atoms with Crippen LogP contribution in [0.3, 0.4) is 0 Å². The number of benzene rings is 3. The van der Waals surface area contributed by atoms with Crippen molar-refractivity contribution in [3.05, 3.63) is 71.0 Å². The quantitative estimate of drug-likeness (QED) is 0.0477. The van der Waals surface area contributed by atoms with Crippen LogP contribution in [-0.2, 0) is 33.2 Å². The average Bonchev–Trinajstić information content (AvgIpc) is 3.32. The molecule has 7 rings (SSSR count). The molecule has 4 aliphatic heterocycles. The molecule has 3 aromatic carbocycles. The second kappa shape index (κ2) is 20.9. The Kier molecular flexibility index (Phi) is 15.4. The fourth-order valence-electron chi connectivity index (χ4n) is 7.77. The number of aliphatic hydroxyl groups is 9. The van der Waals surface area contributed by atoms with Crippen LogP contribution in [0.5, 0.6) is 46.0 Å². The van der Waals surface area contributed by atoms with Crippen LogP contribution in [0.15, 0.2) is 54.3 Å². The zero-order valence-electron chi connectivity index (χ0n) is 36.2. The zero-order valence-corrected chi connectivity index (χ0v) is 36.2. The van der Waals surface area contributed by atoms with Crippen molar-refractivity contribution in [2.45, 2.75) is 105 Å². The molecule has 0 aromatic heterocycles. The van der Waals surface area contributed by atoms with Gasteiger partial charge in [-0.05, 0) is 48.9 Å². The van der Waals surface area contributed by atoms with E-state index >= 15 is 0 Å². The van der Waals surface area contributed by atoms with E-state index in [-0.39, 0.29) is 51.4 Å². The van der Waals surface area contributed by atoms with Crippen molar-refractivity contribution in [1.82, 2.24) is 0 Å². The van der Waals surface area contributed by atoms with Gasteiger partial charge in [0.15, 0.2) is 41.5 Å². The van der Waals surface area contributed by atoms with E-state index < -0.39 is 129 Å². The Balaban J connectivity index is 1.11. The summed E-state index contributed by atoms with van der Waals surface area (Å²) in [6.07, 6.45) is -23.3. The van der Waals surface area contributed by atoms with Crippen LogP contribution in [-0.4, -0.2) is 192 Å². The summed E-state index contributed by atoms with van der Waals surface area (Å²) in [4.78, 5) is 12.6. The van der Waals surface area contributed by atoms with Gasteiger partial charge in [-0.3, -0.25) is 0 Å². The van der Waals surface area contributed by atoms with Crippen LogP contribution in [0.2, 0.25) is 0 Å². The molecule has 24 heteroatoms. The van der Waals surface area contributed by atoms with Crippen LogP contribution >= 0.6 is 0 Å². The van der Waals surface area contributed by atoms with Crippen LogP contribution in [0.4, 0.5) is 0 Å². The van der Waals surface area contributed by atoms with E-state index in [0.29, 0.717) is 5.56 Å². The molecule has 16 unspecified atom stereocenters. The first kappa shape index (κ1) is 50.2. The molecule has 3 fully saturated rings. The number of methoxy groups -OCH3 is 2. The number of phenols is 4. The van der Waals surface area contributed by atoms with Crippen LogP contribution in [0.25, 0.3) is 12.2 Å². The highest BCUT2D eigenvalue weighted by molar-refractivity contribution is 5.87. The summed E-state index contributed by atoms with van der Waals surface area (Å²) in [5, 5.41) is 137. The molecule has 13 N–H and O–H groups in total. The Morgan fingerprint density at radius 1 is 0.676 bits per heavy atom. The SMILES string of the molecule is COc1cc(C2Oc3cc(O)cc(OC4OC(CO)C(O)C(O)C4O)c3C=C2OC2OC(COC3OC(C)C(OC(=O)C=Cc4ccc(O)c(O)c4)C(O)C3O)C(O)C(O)C2O)cc(OC)c1O. The van der Waals surface area contributed by atoms with Gasteiger partial charge in [-0.1, -0.05) is 6.07 Å². The van der Waals surface area contributed by atoms with Crippen molar-refractivity contribution >= 4 is 18.1 Å². The van der Waals surface area contributed by atoms with Crippen LogP contribution < -0.4 is 18.9 Å². The molecule has 24 nitrogen and oxygen atoms in total. The third-order valence-electron chi connectivity index (χ3n) is 11.6. The predicted octanol–water partition coefficient (Wildman–Crippen LogP) is -1.89. The zero-order chi connectivity index (χ0) is 49.3. The summed E-state index contributed by atoms with van der Waals surface area (Å²) in [5.41, 5.74) is 0.496. The third kappa shape index (κ3) is 10.3. The van der Waals surface area contributed by atoms with Gasteiger partial charge in [-0.25, -0.2) is 4.79 Å². The number of hydrogen-bond donors (Lipinski definition) is 13. The summed E-state index contributed by atoms with van der Waals surface area (Å²) in [6, 6.07) is 8.77. The summed E-state index contributed by atoms with van der Waals surface area (Å²) in [5.74, 6) is -3.31. The number of hydrogen-bond acceptors (Lipinski definition) is 24. The Labute approximate surface area is 385 Å². The van der Waals surface area contributed by atoms with Crippen LogP contribution in [0, 0.1) is 0 Å². The highest BCUT2D eigenvalue weighted by Gasteiger charge is 2.50. The highest BCUT2D eigenvalue weighted by Crippen LogP contribution is 2.48. The minimum absolute atomic E-state index is 0.0109. The van der Waals surface area contributed by atoms with Crippen molar-refractivity contribution in [3.8, 4) is 46.0 Å². The van der Waals surface area contributed by atoms with Gasteiger partial charge in [0.1, 0.15) is 84.0 Å². The molecule has 16 atom stereocenters. The lowest BCUT2D eigenvalue weighted by Crippen LogP contribution is -2.61. The van der Waals surface area contributed by atoms with E-state index in [1.165, 1.54) is 69.7 Å². The normalized spacial score (nSPS) is 33.7. The molecule has 68 heavy (non-hydrogen) atoms. The Bertz CT molecular complexity index is 2300. The lowest BCUT2D eigenvalue weighted by molar-refractivity contribution is -0.325. The molecule has 4 aliphatic rings. The molecule has 0 saturated carbocycles. The lowest BCUT2D eigenvalue weighted by atomic mass is 9.97. The Morgan fingerprint density at radius 2 is 1.29 bits per heavy atom. The molecule has 372 valence electrons. The van der Waals surface area contributed by atoms with E-state index in [4.69, 9.17) is 47.4 Å². The topological polar surface area (TPSA) is 372 Å². The van der Waals surface area contributed by atoms with Crippen LogP contribution in [0.1, 0.15) is 29.7 Å². The minimum atomic E-state index is -1.99. The number of fused-ring (bicyclic) bond motifs is 1. The fraction of sp³-hybridized carbons (Fsp3) is 0.477. The molecule has 0 bridgehead atoms. The summed E-state index contributed by atoms with van der Waals surface area (Å²) in [7, 11) is 2.54. The van der Waals surface area contributed by atoms with Gasteiger partial charge in [0.25, 0.3) is 0 Å². The van der Waals surface area contributed by atoms with Gasteiger partial charge in [-0.2, -0.15) is 0 Å². The van der Waals surface area contributed by atoms with Crippen molar-refractivity contribution in [1.29, 1.82) is 0 Å². The summed E-state index contributed by atoms with van der Waals surface area (Å²) < 4.78 is 57.2. The number of carbonyl (C=O) groups is 1. The van der Waals surface area contributed by atoms with E-state index in [9.17, 15) is 71.2 Å². The van der Waals surface area contributed by atoms with E-state index in [1.54, 1.807) is 0 Å². The van der Waals surface area contributed by atoms with Gasteiger partial charge < -0.3 is 114 Å². The fourth-order valence-corrected chi connectivity index (χ4v) is 7.77. The van der Waals surface area contributed by atoms with E-state index in [1.807, 2.05) is 0 Å². The smallest absolute Gasteiger partial charge is 0.331 e. The molecular formula is C44H52O24. The Hall–Kier alpha value is -5.71.